The second kappa shape index (κ2) is 7.64. The Morgan fingerprint density at radius 3 is 2.65 bits per heavy atom. The molecule has 1 N–H and O–H groups in total. The van der Waals surface area contributed by atoms with Crippen LogP contribution in [0.2, 0.25) is 0 Å². The van der Waals surface area contributed by atoms with E-state index in [0.717, 1.165) is 6.54 Å². The van der Waals surface area contributed by atoms with Crippen molar-refractivity contribution < 1.29 is 0 Å². The lowest BCUT2D eigenvalue weighted by atomic mass is 10.1. The molecule has 0 radical (unpaired) electrons. The molecule has 0 saturated heterocycles. The van der Waals surface area contributed by atoms with Gasteiger partial charge in [0.15, 0.2) is 0 Å². The molecule has 90 valence electrons. The van der Waals surface area contributed by atoms with Gasteiger partial charge in [-0.3, -0.25) is 0 Å². The van der Waals surface area contributed by atoms with Crippen molar-refractivity contribution in [3.8, 4) is 0 Å². The summed E-state index contributed by atoms with van der Waals surface area (Å²) in [7, 11) is 0. The number of benzene rings is 1. The van der Waals surface area contributed by atoms with Crippen LogP contribution < -0.4 is 5.32 Å². The third kappa shape index (κ3) is 4.83. The molecular formula is C16H21N. The maximum atomic E-state index is 3.85. The molecule has 0 spiro atoms. The van der Waals surface area contributed by atoms with E-state index in [2.05, 4.69) is 49.2 Å². The van der Waals surface area contributed by atoms with E-state index in [4.69, 9.17) is 0 Å². The van der Waals surface area contributed by atoms with Gasteiger partial charge in [0.25, 0.3) is 0 Å². The molecule has 0 amide bonds. The minimum atomic E-state index is 0.309. The Labute approximate surface area is 105 Å². The van der Waals surface area contributed by atoms with Gasteiger partial charge in [-0.05, 0) is 25.0 Å². The van der Waals surface area contributed by atoms with E-state index in [1.54, 1.807) is 0 Å². The molecule has 0 fully saturated rings. The van der Waals surface area contributed by atoms with E-state index in [1.807, 2.05) is 31.2 Å². The van der Waals surface area contributed by atoms with E-state index < -0.39 is 0 Å². The topological polar surface area (TPSA) is 12.0 Å². The Hall–Kier alpha value is -1.60. The SMILES string of the molecule is C=C/C(=C\C=C/C)[C@@H](C)NCc1ccccc1. The van der Waals surface area contributed by atoms with Crippen molar-refractivity contribution in [3.63, 3.8) is 0 Å². The lowest BCUT2D eigenvalue weighted by Gasteiger charge is -2.14. The van der Waals surface area contributed by atoms with Gasteiger partial charge in [-0.25, -0.2) is 0 Å². The lowest BCUT2D eigenvalue weighted by molar-refractivity contribution is 0.617. The van der Waals surface area contributed by atoms with Crippen LogP contribution in [0.4, 0.5) is 0 Å². The summed E-state index contributed by atoms with van der Waals surface area (Å²) in [5.41, 5.74) is 2.51. The number of hydrogen-bond acceptors (Lipinski definition) is 1. The van der Waals surface area contributed by atoms with Crippen LogP contribution in [-0.2, 0) is 6.54 Å². The van der Waals surface area contributed by atoms with E-state index in [-0.39, 0.29) is 0 Å². The summed E-state index contributed by atoms with van der Waals surface area (Å²) >= 11 is 0. The molecule has 0 unspecified atom stereocenters. The van der Waals surface area contributed by atoms with Crippen LogP contribution in [-0.4, -0.2) is 6.04 Å². The highest BCUT2D eigenvalue weighted by Crippen LogP contribution is 2.06. The molecule has 0 aliphatic rings. The van der Waals surface area contributed by atoms with Crippen LogP contribution in [0.25, 0.3) is 0 Å². The molecule has 17 heavy (non-hydrogen) atoms. The fraction of sp³-hybridized carbons (Fsp3) is 0.250. The summed E-state index contributed by atoms with van der Waals surface area (Å²) in [5, 5.41) is 3.49. The summed E-state index contributed by atoms with van der Waals surface area (Å²) in [5.74, 6) is 0. The molecule has 1 heteroatoms. The summed E-state index contributed by atoms with van der Waals surface area (Å²) in [6.07, 6.45) is 8.06. The van der Waals surface area contributed by atoms with Gasteiger partial charge in [-0.2, -0.15) is 0 Å². The number of nitrogens with one attached hydrogen (secondary N) is 1. The van der Waals surface area contributed by atoms with Gasteiger partial charge >= 0.3 is 0 Å². The minimum Gasteiger partial charge on any atom is -0.306 e. The van der Waals surface area contributed by atoms with Gasteiger partial charge in [0.1, 0.15) is 0 Å². The molecule has 0 aliphatic carbocycles. The first-order chi connectivity index (χ1) is 8.27. The summed E-state index contributed by atoms with van der Waals surface area (Å²) in [4.78, 5) is 0. The number of allylic oxidation sites excluding steroid dienone is 3. The largest absolute Gasteiger partial charge is 0.306 e. The molecule has 1 atom stereocenters. The molecule has 1 rings (SSSR count). The fourth-order valence-electron chi connectivity index (χ4n) is 1.58. The van der Waals surface area contributed by atoms with Crippen molar-refractivity contribution in [2.45, 2.75) is 26.4 Å². The zero-order valence-corrected chi connectivity index (χ0v) is 10.7. The van der Waals surface area contributed by atoms with Crippen LogP contribution in [0.5, 0.6) is 0 Å². The van der Waals surface area contributed by atoms with Crippen LogP contribution >= 0.6 is 0 Å². The molecule has 0 aliphatic heterocycles. The smallest absolute Gasteiger partial charge is 0.0294 e. The van der Waals surface area contributed by atoms with E-state index in [1.165, 1.54) is 11.1 Å². The Kier molecular flexibility index (Phi) is 6.05. The highest BCUT2D eigenvalue weighted by Gasteiger charge is 2.03. The monoisotopic (exact) mass is 227 g/mol. The minimum absolute atomic E-state index is 0.309. The van der Waals surface area contributed by atoms with Crippen LogP contribution in [0.3, 0.4) is 0 Å². The highest BCUT2D eigenvalue weighted by atomic mass is 14.9. The highest BCUT2D eigenvalue weighted by molar-refractivity contribution is 5.27. The van der Waals surface area contributed by atoms with Gasteiger partial charge in [0, 0.05) is 12.6 Å². The molecule has 0 saturated carbocycles. The van der Waals surface area contributed by atoms with Gasteiger partial charge in [0.2, 0.25) is 0 Å². The molecule has 1 aromatic carbocycles. The first-order valence-electron chi connectivity index (χ1n) is 6.00. The Morgan fingerprint density at radius 1 is 1.35 bits per heavy atom. The second-order valence-corrected chi connectivity index (χ2v) is 3.98. The summed E-state index contributed by atoms with van der Waals surface area (Å²) in [6, 6.07) is 10.7. The predicted octanol–water partition coefficient (Wildman–Crippen LogP) is 3.85. The second-order valence-electron chi connectivity index (χ2n) is 3.98. The van der Waals surface area contributed by atoms with Crippen LogP contribution in [0.1, 0.15) is 19.4 Å². The van der Waals surface area contributed by atoms with Crippen molar-refractivity contribution in [1.29, 1.82) is 0 Å². The first kappa shape index (κ1) is 13.5. The zero-order valence-electron chi connectivity index (χ0n) is 10.7. The molecule has 1 aromatic rings. The standard InChI is InChI=1S/C16H21N/c1-4-6-12-16(5-2)14(3)17-13-15-10-8-7-9-11-15/h4-12,14,17H,2,13H2,1,3H3/b6-4-,16-12+/t14-/m1/s1. The third-order valence-electron chi connectivity index (χ3n) is 2.67. The third-order valence-corrected chi connectivity index (χ3v) is 2.67. The molecule has 1 nitrogen and oxygen atoms in total. The quantitative estimate of drug-likeness (QED) is 0.728. The normalized spacial score (nSPS) is 13.9. The first-order valence-corrected chi connectivity index (χ1v) is 6.00. The Balaban J connectivity index is 2.54. The van der Waals surface area contributed by atoms with E-state index >= 15 is 0 Å². The Bertz CT molecular complexity index is 387. The summed E-state index contributed by atoms with van der Waals surface area (Å²) < 4.78 is 0. The van der Waals surface area contributed by atoms with Gasteiger partial charge in [-0.1, -0.05) is 61.2 Å². The van der Waals surface area contributed by atoms with Crippen LogP contribution in [0, 0.1) is 0 Å². The molecule has 0 heterocycles. The molecule has 0 bridgehead atoms. The molecule has 0 aromatic heterocycles. The van der Waals surface area contributed by atoms with Gasteiger partial charge < -0.3 is 5.32 Å². The number of rotatable bonds is 6. The summed E-state index contributed by atoms with van der Waals surface area (Å²) in [6.45, 7) is 8.89. The number of hydrogen-bond donors (Lipinski definition) is 1. The average Bonchev–Trinajstić information content (AvgIpc) is 2.38. The van der Waals surface area contributed by atoms with Crippen molar-refractivity contribution in [1.82, 2.24) is 5.32 Å². The van der Waals surface area contributed by atoms with E-state index in [0.29, 0.717) is 6.04 Å². The maximum absolute atomic E-state index is 3.85. The average molecular weight is 227 g/mol. The molecular weight excluding hydrogens is 206 g/mol. The van der Waals surface area contributed by atoms with Crippen molar-refractivity contribution >= 4 is 0 Å². The fourth-order valence-corrected chi connectivity index (χ4v) is 1.58. The van der Waals surface area contributed by atoms with Crippen molar-refractivity contribution in [2.24, 2.45) is 0 Å². The maximum Gasteiger partial charge on any atom is 0.0294 e. The lowest BCUT2D eigenvalue weighted by Crippen LogP contribution is -2.26. The van der Waals surface area contributed by atoms with Crippen LogP contribution in [0.15, 0.2) is 66.8 Å². The van der Waals surface area contributed by atoms with Crippen molar-refractivity contribution in [2.75, 3.05) is 0 Å². The van der Waals surface area contributed by atoms with Gasteiger partial charge in [0.05, 0.1) is 0 Å². The van der Waals surface area contributed by atoms with Gasteiger partial charge in [-0.15, -0.1) is 0 Å². The van der Waals surface area contributed by atoms with E-state index in [9.17, 15) is 0 Å². The zero-order chi connectivity index (χ0) is 12.5. The Morgan fingerprint density at radius 2 is 2.06 bits per heavy atom. The predicted molar refractivity (Wildman–Crippen MR) is 75.8 cm³/mol. The van der Waals surface area contributed by atoms with Crippen molar-refractivity contribution in [3.05, 3.63) is 72.4 Å².